The first-order chi connectivity index (χ1) is 23.3. The van der Waals surface area contributed by atoms with E-state index in [1.54, 1.807) is 0 Å². The van der Waals surface area contributed by atoms with Crippen LogP contribution >= 0.6 is 0 Å². The van der Waals surface area contributed by atoms with Crippen LogP contribution in [0.5, 0.6) is 0 Å². The Morgan fingerprint density at radius 1 is 0.383 bits per heavy atom. The Morgan fingerprint density at radius 3 is 1.45 bits per heavy atom. The molecule has 0 atom stereocenters. The standard InChI is InChI=1S/C43H28N4/c1-5-17-29(18-6-1)40-45-41(30-19-7-2-8-20-30)47-42(46-40)39-37-33-25-13-15-27-35(33)43(31-21-9-3-10-22-31,32-23-11-4-12-24-32)38(37)34-26-14-16-28-36(34)44-39/h1-28H. The Labute approximate surface area is 273 Å². The molecule has 1 aliphatic carbocycles. The molecule has 4 nitrogen and oxygen atoms in total. The van der Waals surface area contributed by atoms with Crippen molar-refractivity contribution in [1.29, 1.82) is 0 Å². The second-order valence-corrected chi connectivity index (χ2v) is 11.8. The molecule has 2 heterocycles. The SMILES string of the molecule is c1ccc(-c2nc(-c3ccccc3)nc(-c3nc4ccccc4c4c3-c3ccccc3C4(c3ccccc3)c3ccccc3)n2)cc1. The van der Waals surface area contributed by atoms with Gasteiger partial charge in [0, 0.05) is 22.1 Å². The lowest BCUT2D eigenvalue weighted by Crippen LogP contribution is -2.29. The molecule has 0 radical (unpaired) electrons. The fourth-order valence-electron chi connectivity index (χ4n) is 7.25. The van der Waals surface area contributed by atoms with Crippen LogP contribution in [0.4, 0.5) is 0 Å². The molecule has 9 rings (SSSR count). The molecule has 0 N–H and O–H groups in total. The molecule has 1 aliphatic rings. The van der Waals surface area contributed by atoms with E-state index in [1.165, 1.54) is 22.3 Å². The number of hydrogen-bond donors (Lipinski definition) is 0. The number of aromatic nitrogens is 4. The van der Waals surface area contributed by atoms with Gasteiger partial charge in [-0.3, -0.25) is 0 Å². The summed E-state index contributed by atoms with van der Waals surface area (Å²) in [6.07, 6.45) is 0. The van der Waals surface area contributed by atoms with Gasteiger partial charge in [0.2, 0.25) is 0 Å². The molecular formula is C43H28N4. The van der Waals surface area contributed by atoms with E-state index in [1.807, 2.05) is 60.7 Å². The van der Waals surface area contributed by atoms with Gasteiger partial charge in [-0.25, -0.2) is 19.9 Å². The number of hydrogen-bond acceptors (Lipinski definition) is 4. The monoisotopic (exact) mass is 600 g/mol. The summed E-state index contributed by atoms with van der Waals surface area (Å²) in [6.45, 7) is 0. The number of benzene rings is 6. The molecule has 0 aliphatic heterocycles. The summed E-state index contributed by atoms with van der Waals surface area (Å²) in [5.74, 6) is 1.77. The van der Waals surface area contributed by atoms with Crippen molar-refractivity contribution in [1.82, 2.24) is 19.9 Å². The van der Waals surface area contributed by atoms with Gasteiger partial charge in [0.05, 0.1) is 10.9 Å². The first kappa shape index (κ1) is 27.1. The van der Waals surface area contributed by atoms with E-state index in [9.17, 15) is 0 Å². The molecular weight excluding hydrogens is 573 g/mol. The van der Waals surface area contributed by atoms with Gasteiger partial charge in [-0.1, -0.05) is 164 Å². The van der Waals surface area contributed by atoms with Crippen molar-refractivity contribution in [3.8, 4) is 45.4 Å². The molecule has 220 valence electrons. The fraction of sp³-hybridized carbons (Fsp3) is 0.0233. The fourth-order valence-corrected chi connectivity index (χ4v) is 7.25. The Bertz CT molecular complexity index is 2290. The van der Waals surface area contributed by atoms with Crippen LogP contribution in [0.2, 0.25) is 0 Å². The minimum absolute atomic E-state index is 0.548. The molecule has 2 aromatic heterocycles. The maximum absolute atomic E-state index is 5.39. The summed E-state index contributed by atoms with van der Waals surface area (Å²) in [6, 6.07) is 59.1. The van der Waals surface area contributed by atoms with Gasteiger partial charge >= 0.3 is 0 Å². The lowest BCUT2D eigenvalue weighted by atomic mass is 9.67. The van der Waals surface area contributed by atoms with Crippen molar-refractivity contribution >= 4 is 10.9 Å². The molecule has 0 amide bonds. The highest BCUT2D eigenvalue weighted by Crippen LogP contribution is 2.59. The minimum atomic E-state index is -0.594. The molecule has 4 heteroatoms. The predicted octanol–water partition coefficient (Wildman–Crippen LogP) is 9.78. The van der Waals surface area contributed by atoms with Gasteiger partial charge in [0.1, 0.15) is 5.69 Å². The van der Waals surface area contributed by atoms with Gasteiger partial charge < -0.3 is 0 Å². The molecule has 0 fully saturated rings. The second kappa shape index (κ2) is 11.0. The third-order valence-electron chi connectivity index (χ3n) is 9.19. The van der Waals surface area contributed by atoms with Crippen molar-refractivity contribution in [2.45, 2.75) is 5.41 Å². The Morgan fingerprint density at radius 2 is 0.851 bits per heavy atom. The normalized spacial score (nSPS) is 12.9. The molecule has 0 spiro atoms. The van der Waals surface area contributed by atoms with E-state index < -0.39 is 5.41 Å². The second-order valence-electron chi connectivity index (χ2n) is 11.8. The highest BCUT2D eigenvalue weighted by molar-refractivity contribution is 6.03. The summed E-state index contributed by atoms with van der Waals surface area (Å²) < 4.78 is 0. The molecule has 0 saturated carbocycles. The van der Waals surface area contributed by atoms with Crippen molar-refractivity contribution in [3.05, 3.63) is 192 Å². The maximum Gasteiger partial charge on any atom is 0.183 e. The number of pyridine rings is 1. The van der Waals surface area contributed by atoms with Crippen LogP contribution in [-0.4, -0.2) is 19.9 Å². The predicted molar refractivity (Wildman–Crippen MR) is 189 cm³/mol. The first-order valence-corrected chi connectivity index (χ1v) is 15.8. The molecule has 0 bridgehead atoms. The summed E-state index contributed by atoms with van der Waals surface area (Å²) >= 11 is 0. The molecule has 6 aromatic carbocycles. The van der Waals surface area contributed by atoms with Crippen LogP contribution in [0.3, 0.4) is 0 Å². The van der Waals surface area contributed by atoms with E-state index in [2.05, 4.69) is 109 Å². The third-order valence-corrected chi connectivity index (χ3v) is 9.19. The first-order valence-electron chi connectivity index (χ1n) is 15.8. The summed E-state index contributed by atoms with van der Waals surface area (Å²) in [5, 5.41) is 1.11. The van der Waals surface area contributed by atoms with Crippen LogP contribution in [0.25, 0.3) is 56.3 Å². The van der Waals surface area contributed by atoms with Gasteiger partial charge in [-0.15, -0.1) is 0 Å². The Hall–Kier alpha value is -6.26. The highest BCUT2D eigenvalue weighted by atomic mass is 15.0. The van der Waals surface area contributed by atoms with Gasteiger partial charge in [0.15, 0.2) is 17.5 Å². The zero-order chi connectivity index (χ0) is 31.2. The lowest BCUT2D eigenvalue weighted by Gasteiger charge is -2.34. The van der Waals surface area contributed by atoms with Crippen molar-refractivity contribution in [3.63, 3.8) is 0 Å². The largest absolute Gasteiger partial charge is 0.244 e. The third kappa shape index (κ3) is 4.23. The highest BCUT2D eigenvalue weighted by Gasteiger charge is 2.48. The van der Waals surface area contributed by atoms with E-state index >= 15 is 0 Å². The van der Waals surface area contributed by atoms with Crippen LogP contribution in [0.1, 0.15) is 22.3 Å². The number of fused-ring (bicyclic) bond motifs is 5. The number of nitrogens with zero attached hydrogens (tertiary/aromatic N) is 4. The van der Waals surface area contributed by atoms with Crippen LogP contribution in [-0.2, 0) is 5.41 Å². The van der Waals surface area contributed by atoms with E-state index in [0.717, 1.165) is 38.9 Å². The minimum Gasteiger partial charge on any atom is -0.244 e. The summed E-state index contributed by atoms with van der Waals surface area (Å²) in [4.78, 5) is 20.7. The smallest absolute Gasteiger partial charge is 0.183 e. The zero-order valence-corrected chi connectivity index (χ0v) is 25.5. The Balaban J connectivity index is 1.45. The average Bonchev–Trinajstić information content (AvgIpc) is 3.48. The lowest BCUT2D eigenvalue weighted by molar-refractivity contribution is 0.775. The van der Waals surface area contributed by atoms with Gasteiger partial charge in [-0.2, -0.15) is 0 Å². The summed E-state index contributed by atoms with van der Waals surface area (Å²) in [5.41, 5.74) is 9.89. The molecule has 8 aromatic rings. The van der Waals surface area contributed by atoms with E-state index in [4.69, 9.17) is 19.9 Å². The number of para-hydroxylation sites is 1. The Kier molecular flexibility index (Phi) is 6.32. The van der Waals surface area contributed by atoms with Crippen LogP contribution in [0, 0.1) is 0 Å². The van der Waals surface area contributed by atoms with Crippen molar-refractivity contribution in [2.24, 2.45) is 0 Å². The number of rotatable bonds is 5. The maximum atomic E-state index is 5.39. The molecule has 0 saturated heterocycles. The van der Waals surface area contributed by atoms with Crippen LogP contribution < -0.4 is 0 Å². The average molecular weight is 601 g/mol. The quantitative estimate of drug-likeness (QED) is 0.197. The van der Waals surface area contributed by atoms with Gasteiger partial charge in [0.25, 0.3) is 0 Å². The van der Waals surface area contributed by atoms with Gasteiger partial charge in [-0.05, 0) is 33.9 Å². The van der Waals surface area contributed by atoms with Crippen molar-refractivity contribution < 1.29 is 0 Å². The molecule has 0 unspecified atom stereocenters. The molecule has 47 heavy (non-hydrogen) atoms. The van der Waals surface area contributed by atoms with E-state index in [0.29, 0.717) is 17.5 Å². The zero-order valence-electron chi connectivity index (χ0n) is 25.5. The van der Waals surface area contributed by atoms with Crippen LogP contribution in [0.15, 0.2) is 170 Å². The van der Waals surface area contributed by atoms with E-state index in [-0.39, 0.29) is 0 Å². The topological polar surface area (TPSA) is 51.6 Å². The van der Waals surface area contributed by atoms with Crippen molar-refractivity contribution in [2.75, 3.05) is 0 Å². The summed E-state index contributed by atoms with van der Waals surface area (Å²) in [7, 11) is 0.